The quantitative estimate of drug-likeness (QED) is 0.747. The Labute approximate surface area is 115 Å². The fourth-order valence-corrected chi connectivity index (χ4v) is 2.21. The van der Waals surface area contributed by atoms with Crippen molar-refractivity contribution in [2.75, 3.05) is 5.32 Å². The molecule has 2 aromatic rings. The number of rotatable bonds is 7. The van der Waals surface area contributed by atoms with Crippen LogP contribution in [0.5, 0.6) is 0 Å². The van der Waals surface area contributed by atoms with Crippen LogP contribution in [0.2, 0.25) is 0 Å². The summed E-state index contributed by atoms with van der Waals surface area (Å²) in [4.78, 5) is 8.91. The Morgan fingerprint density at radius 1 is 1.16 bits per heavy atom. The molecule has 0 saturated heterocycles. The minimum Gasteiger partial charge on any atom is -0.352 e. The van der Waals surface area contributed by atoms with Gasteiger partial charge in [0.05, 0.1) is 5.52 Å². The lowest BCUT2D eigenvalue weighted by Gasteiger charge is -2.13. The summed E-state index contributed by atoms with van der Waals surface area (Å²) in [5.74, 6) is 0.738. The largest absolute Gasteiger partial charge is 0.352 e. The van der Waals surface area contributed by atoms with Gasteiger partial charge in [-0.3, -0.25) is 0 Å². The average Bonchev–Trinajstić information content (AvgIpc) is 2.43. The normalized spacial score (nSPS) is 12.5. The molecule has 0 spiro atoms. The Morgan fingerprint density at radius 3 is 2.84 bits per heavy atom. The number of nitrogens with one attached hydrogen (secondary N) is 1. The minimum absolute atomic E-state index is 0.429. The molecule has 2 rings (SSSR count). The Hall–Kier alpha value is -1.64. The molecule has 1 atom stereocenters. The summed E-state index contributed by atoms with van der Waals surface area (Å²) >= 11 is 0. The van der Waals surface area contributed by atoms with Gasteiger partial charge in [0.2, 0.25) is 5.95 Å². The summed E-state index contributed by atoms with van der Waals surface area (Å²) in [5.41, 5.74) is 0.998. The van der Waals surface area contributed by atoms with E-state index in [-0.39, 0.29) is 0 Å². The van der Waals surface area contributed by atoms with Crippen LogP contribution in [-0.2, 0) is 0 Å². The van der Waals surface area contributed by atoms with Crippen molar-refractivity contribution in [1.29, 1.82) is 0 Å². The first-order valence-electron chi connectivity index (χ1n) is 7.28. The Balaban J connectivity index is 1.89. The maximum absolute atomic E-state index is 4.54. The lowest BCUT2D eigenvalue weighted by atomic mass is 10.1. The number of fused-ring (bicyclic) bond motifs is 1. The van der Waals surface area contributed by atoms with E-state index >= 15 is 0 Å². The number of aromatic nitrogens is 2. The Kier molecular flexibility index (Phi) is 5.13. The number of benzene rings is 1. The van der Waals surface area contributed by atoms with Gasteiger partial charge in [-0.1, -0.05) is 50.8 Å². The molecule has 0 aliphatic carbocycles. The van der Waals surface area contributed by atoms with Crippen LogP contribution >= 0.6 is 0 Å². The molecule has 19 heavy (non-hydrogen) atoms. The molecule has 1 aromatic carbocycles. The SMILES string of the molecule is CCCCCCC(C)Nc1ncc2ccccc2n1. The first-order chi connectivity index (χ1) is 9.29. The zero-order valence-corrected chi connectivity index (χ0v) is 11.9. The van der Waals surface area contributed by atoms with Crippen LogP contribution in [0.3, 0.4) is 0 Å². The van der Waals surface area contributed by atoms with E-state index in [2.05, 4.69) is 29.1 Å². The van der Waals surface area contributed by atoms with E-state index in [1.807, 2.05) is 30.5 Å². The molecule has 0 fully saturated rings. The van der Waals surface area contributed by atoms with Gasteiger partial charge in [-0.05, 0) is 19.4 Å². The predicted molar refractivity (Wildman–Crippen MR) is 81.4 cm³/mol. The highest BCUT2D eigenvalue weighted by Crippen LogP contribution is 2.13. The van der Waals surface area contributed by atoms with Gasteiger partial charge in [0, 0.05) is 17.6 Å². The molecule has 0 amide bonds. The van der Waals surface area contributed by atoms with Crippen molar-refractivity contribution in [1.82, 2.24) is 9.97 Å². The summed E-state index contributed by atoms with van der Waals surface area (Å²) in [6, 6.07) is 8.50. The maximum Gasteiger partial charge on any atom is 0.223 e. The molecule has 3 heteroatoms. The highest BCUT2D eigenvalue weighted by atomic mass is 15.1. The van der Waals surface area contributed by atoms with E-state index in [4.69, 9.17) is 0 Å². The Morgan fingerprint density at radius 2 is 2.00 bits per heavy atom. The third-order valence-corrected chi connectivity index (χ3v) is 3.36. The van der Waals surface area contributed by atoms with Gasteiger partial charge in [0.15, 0.2) is 0 Å². The predicted octanol–water partition coefficient (Wildman–Crippen LogP) is 4.40. The molecule has 3 nitrogen and oxygen atoms in total. The molecule has 1 unspecified atom stereocenters. The van der Waals surface area contributed by atoms with Crippen molar-refractivity contribution in [2.45, 2.75) is 52.0 Å². The lowest BCUT2D eigenvalue weighted by Crippen LogP contribution is -2.16. The highest BCUT2D eigenvalue weighted by Gasteiger charge is 2.04. The van der Waals surface area contributed by atoms with Crippen molar-refractivity contribution in [3.8, 4) is 0 Å². The first kappa shape index (κ1) is 13.8. The lowest BCUT2D eigenvalue weighted by molar-refractivity contribution is 0.592. The fraction of sp³-hybridized carbons (Fsp3) is 0.500. The van der Waals surface area contributed by atoms with Crippen molar-refractivity contribution < 1.29 is 0 Å². The summed E-state index contributed by atoms with van der Waals surface area (Å²) in [7, 11) is 0. The molecule has 0 aliphatic rings. The summed E-state index contributed by atoms with van der Waals surface area (Å²) < 4.78 is 0. The number of para-hydroxylation sites is 1. The molecule has 0 saturated carbocycles. The van der Waals surface area contributed by atoms with Crippen LogP contribution in [0.15, 0.2) is 30.5 Å². The van der Waals surface area contributed by atoms with Crippen LogP contribution in [0, 0.1) is 0 Å². The minimum atomic E-state index is 0.429. The van der Waals surface area contributed by atoms with Crippen LogP contribution in [0.25, 0.3) is 10.9 Å². The van der Waals surface area contributed by atoms with E-state index < -0.39 is 0 Å². The zero-order valence-electron chi connectivity index (χ0n) is 11.9. The molecular weight excluding hydrogens is 234 g/mol. The van der Waals surface area contributed by atoms with E-state index in [0.717, 1.165) is 16.9 Å². The summed E-state index contributed by atoms with van der Waals surface area (Å²) in [6.07, 6.45) is 8.27. The van der Waals surface area contributed by atoms with Crippen molar-refractivity contribution in [2.24, 2.45) is 0 Å². The number of nitrogens with zero attached hydrogens (tertiary/aromatic N) is 2. The van der Waals surface area contributed by atoms with Gasteiger partial charge in [-0.15, -0.1) is 0 Å². The van der Waals surface area contributed by atoms with Crippen LogP contribution < -0.4 is 5.32 Å². The molecule has 0 aliphatic heterocycles. The van der Waals surface area contributed by atoms with Gasteiger partial charge in [-0.25, -0.2) is 9.97 Å². The smallest absolute Gasteiger partial charge is 0.223 e. The van der Waals surface area contributed by atoms with Gasteiger partial charge >= 0.3 is 0 Å². The topological polar surface area (TPSA) is 37.8 Å². The van der Waals surface area contributed by atoms with E-state index in [0.29, 0.717) is 6.04 Å². The molecule has 102 valence electrons. The third-order valence-electron chi connectivity index (χ3n) is 3.36. The van der Waals surface area contributed by atoms with E-state index in [1.165, 1.54) is 32.1 Å². The second-order valence-electron chi connectivity index (χ2n) is 5.15. The monoisotopic (exact) mass is 257 g/mol. The van der Waals surface area contributed by atoms with E-state index in [1.54, 1.807) is 0 Å². The van der Waals surface area contributed by atoms with Crippen molar-refractivity contribution in [3.63, 3.8) is 0 Å². The highest BCUT2D eigenvalue weighted by molar-refractivity contribution is 5.78. The molecule has 1 N–H and O–H groups in total. The Bertz CT molecular complexity index is 510. The van der Waals surface area contributed by atoms with Gasteiger partial charge in [0.25, 0.3) is 0 Å². The number of anilines is 1. The molecule has 1 heterocycles. The maximum atomic E-state index is 4.54. The van der Waals surface area contributed by atoms with Gasteiger partial charge in [-0.2, -0.15) is 0 Å². The fourth-order valence-electron chi connectivity index (χ4n) is 2.21. The summed E-state index contributed by atoms with van der Waals surface area (Å²) in [6.45, 7) is 4.44. The van der Waals surface area contributed by atoms with Crippen molar-refractivity contribution >= 4 is 16.9 Å². The van der Waals surface area contributed by atoms with Crippen LogP contribution in [-0.4, -0.2) is 16.0 Å². The molecule has 1 aromatic heterocycles. The van der Waals surface area contributed by atoms with Crippen LogP contribution in [0.4, 0.5) is 5.95 Å². The summed E-state index contributed by atoms with van der Waals surface area (Å²) in [5, 5.41) is 4.48. The van der Waals surface area contributed by atoms with Gasteiger partial charge in [0.1, 0.15) is 0 Å². The van der Waals surface area contributed by atoms with Gasteiger partial charge < -0.3 is 5.32 Å². The molecule has 0 bridgehead atoms. The number of hydrogen-bond donors (Lipinski definition) is 1. The standard InChI is InChI=1S/C16H23N3/c1-3-4-5-6-9-13(2)18-16-17-12-14-10-7-8-11-15(14)19-16/h7-8,10-13H,3-6,9H2,1-2H3,(H,17,18,19). The van der Waals surface area contributed by atoms with E-state index in [9.17, 15) is 0 Å². The van der Waals surface area contributed by atoms with Crippen LogP contribution in [0.1, 0.15) is 46.0 Å². The zero-order chi connectivity index (χ0) is 13.5. The third kappa shape index (κ3) is 4.19. The molecular formula is C16H23N3. The average molecular weight is 257 g/mol. The second kappa shape index (κ2) is 7.07. The number of hydrogen-bond acceptors (Lipinski definition) is 3. The number of unbranched alkanes of at least 4 members (excludes halogenated alkanes) is 3. The van der Waals surface area contributed by atoms with Crippen molar-refractivity contribution in [3.05, 3.63) is 30.5 Å². The molecule has 0 radical (unpaired) electrons. The second-order valence-corrected chi connectivity index (χ2v) is 5.15. The first-order valence-corrected chi connectivity index (χ1v) is 7.28.